The largest absolute Gasteiger partial charge is 0.356 e. The Labute approximate surface area is 79.7 Å². The number of alkyl halides is 1. The number of hydrogen-bond acceptors (Lipinski definition) is 1. The summed E-state index contributed by atoms with van der Waals surface area (Å²) in [6, 6.07) is 0. The van der Waals surface area contributed by atoms with E-state index in [4.69, 9.17) is 11.6 Å². The lowest BCUT2D eigenvalue weighted by molar-refractivity contribution is -0.123. The molecule has 0 aromatic rings. The first-order chi connectivity index (χ1) is 5.57. The Morgan fingerprint density at radius 3 is 2.42 bits per heavy atom. The summed E-state index contributed by atoms with van der Waals surface area (Å²) in [5.74, 6) is 1.02. The second kappa shape index (κ2) is 6.30. The number of rotatable bonds is 5. The summed E-state index contributed by atoms with van der Waals surface area (Å²) in [6.45, 7) is 6.86. The number of nitrogens with one attached hydrogen (secondary N) is 1. The lowest BCUT2D eigenvalue weighted by Crippen LogP contribution is -2.31. The van der Waals surface area contributed by atoms with E-state index >= 15 is 0 Å². The molecule has 2 nitrogen and oxygen atoms in total. The van der Waals surface area contributed by atoms with Gasteiger partial charge in [0.1, 0.15) is 0 Å². The molecule has 0 radical (unpaired) electrons. The fraction of sp³-hybridized carbons (Fsp3) is 0.889. The van der Waals surface area contributed by atoms with Crippen molar-refractivity contribution in [1.29, 1.82) is 0 Å². The summed E-state index contributed by atoms with van der Waals surface area (Å²) < 4.78 is 0. The molecule has 1 amide bonds. The number of amides is 1. The number of carbonyl (C=O) groups is 1. The van der Waals surface area contributed by atoms with Gasteiger partial charge in [0.05, 0.1) is 0 Å². The standard InChI is InChI=1S/C9H18ClNO/c1-7(2)4-5-11-9(12)8(3)6-10/h7-8H,4-6H2,1-3H3,(H,11,12). The summed E-state index contributed by atoms with van der Waals surface area (Å²) >= 11 is 5.53. The van der Waals surface area contributed by atoms with Crippen molar-refractivity contribution in [2.75, 3.05) is 12.4 Å². The molecule has 0 spiro atoms. The van der Waals surface area contributed by atoms with E-state index in [0.717, 1.165) is 13.0 Å². The zero-order valence-electron chi connectivity index (χ0n) is 8.06. The normalized spacial score (nSPS) is 13.1. The highest BCUT2D eigenvalue weighted by Crippen LogP contribution is 1.99. The van der Waals surface area contributed by atoms with E-state index in [0.29, 0.717) is 11.8 Å². The van der Waals surface area contributed by atoms with Crippen LogP contribution >= 0.6 is 11.6 Å². The van der Waals surface area contributed by atoms with Crippen LogP contribution in [0.3, 0.4) is 0 Å². The molecule has 0 aromatic heterocycles. The first-order valence-corrected chi connectivity index (χ1v) is 4.95. The molecule has 1 atom stereocenters. The quantitative estimate of drug-likeness (QED) is 0.662. The van der Waals surface area contributed by atoms with E-state index in [1.54, 1.807) is 0 Å². The van der Waals surface area contributed by atoms with Gasteiger partial charge in [0.15, 0.2) is 0 Å². The van der Waals surface area contributed by atoms with Crippen LogP contribution in [0.4, 0.5) is 0 Å². The Balaban J connectivity index is 3.44. The van der Waals surface area contributed by atoms with Crippen molar-refractivity contribution >= 4 is 17.5 Å². The van der Waals surface area contributed by atoms with Crippen LogP contribution in [-0.2, 0) is 4.79 Å². The van der Waals surface area contributed by atoms with E-state index < -0.39 is 0 Å². The Bertz CT molecular complexity index is 136. The Morgan fingerprint density at radius 2 is 2.00 bits per heavy atom. The average Bonchev–Trinajstić information content (AvgIpc) is 2.02. The minimum absolute atomic E-state index is 0.0608. The lowest BCUT2D eigenvalue weighted by Gasteiger charge is -2.09. The predicted octanol–water partition coefficient (Wildman–Crippen LogP) is 2.02. The van der Waals surface area contributed by atoms with Crippen molar-refractivity contribution in [3.63, 3.8) is 0 Å². The summed E-state index contributed by atoms with van der Waals surface area (Å²) in [5.41, 5.74) is 0. The summed E-state index contributed by atoms with van der Waals surface area (Å²) in [5, 5.41) is 2.84. The second-order valence-electron chi connectivity index (χ2n) is 3.53. The van der Waals surface area contributed by atoms with E-state index in [-0.39, 0.29) is 11.8 Å². The van der Waals surface area contributed by atoms with E-state index in [1.807, 2.05) is 6.92 Å². The van der Waals surface area contributed by atoms with Crippen LogP contribution in [0, 0.1) is 11.8 Å². The summed E-state index contributed by atoms with van der Waals surface area (Å²) in [6.07, 6.45) is 1.03. The maximum Gasteiger partial charge on any atom is 0.224 e. The van der Waals surface area contributed by atoms with Gasteiger partial charge in [-0.25, -0.2) is 0 Å². The van der Waals surface area contributed by atoms with Crippen LogP contribution in [-0.4, -0.2) is 18.3 Å². The van der Waals surface area contributed by atoms with Crippen molar-refractivity contribution < 1.29 is 4.79 Å². The number of hydrogen-bond donors (Lipinski definition) is 1. The average molecular weight is 192 g/mol. The Hall–Kier alpha value is -0.240. The van der Waals surface area contributed by atoms with Crippen molar-refractivity contribution in [3.8, 4) is 0 Å². The maximum atomic E-state index is 11.2. The maximum absolute atomic E-state index is 11.2. The Kier molecular flexibility index (Phi) is 6.17. The lowest BCUT2D eigenvalue weighted by atomic mass is 10.1. The van der Waals surface area contributed by atoms with Gasteiger partial charge in [-0.05, 0) is 12.3 Å². The van der Waals surface area contributed by atoms with Gasteiger partial charge in [0.2, 0.25) is 5.91 Å². The van der Waals surface area contributed by atoms with Crippen LogP contribution in [0.25, 0.3) is 0 Å². The molecule has 12 heavy (non-hydrogen) atoms. The van der Waals surface area contributed by atoms with Crippen molar-refractivity contribution in [3.05, 3.63) is 0 Å². The molecule has 1 N–H and O–H groups in total. The molecule has 0 aliphatic heterocycles. The molecule has 3 heteroatoms. The van der Waals surface area contributed by atoms with Gasteiger partial charge >= 0.3 is 0 Å². The molecule has 0 rings (SSSR count). The molecule has 0 saturated carbocycles. The number of halogens is 1. The minimum atomic E-state index is -0.0705. The van der Waals surface area contributed by atoms with Crippen LogP contribution < -0.4 is 5.32 Å². The highest BCUT2D eigenvalue weighted by Gasteiger charge is 2.09. The first-order valence-electron chi connectivity index (χ1n) is 4.41. The zero-order chi connectivity index (χ0) is 9.56. The van der Waals surface area contributed by atoms with Crippen LogP contribution in [0.1, 0.15) is 27.2 Å². The zero-order valence-corrected chi connectivity index (χ0v) is 8.82. The highest BCUT2D eigenvalue weighted by molar-refractivity contribution is 6.19. The van der Waals surface area contributed by atoms with Gasteiger partial charge in [0, 0.05) is 18.3 Å². The van der Waals surface area contributed by atoms with Gasteiger partial charge in [-0.2, -0.15) is 0 Å². The topological polar surface area (TPSA) is 29.1 Å². The molecule has 0 bridgehead atoms. The van der Waals surface area contributed by atoms with Crippen LogP contribution in [0.5, 0.6) is 0 Å². The fourth-order valence-corrected chi connectivity index (χ4v) is 0.868. The Morgan fingerprint density at radius 1 is 1.42 bits per heavy atom. The SMILES string of the molecule is CC(C)CCNC(=O)C(C)CCl. The molecule has 0 fully saturated rings. The van der Waals surface area contributed by atoms with Crippen molar-refractivity contribution in [1.82, 2.24) is 5.32 Å². The van der Waals surface area contributed by atoms with Gasteiger partial charge in [-0.3, -0.25) is 4.79 Å². The van der Waals surface area contributed by atoms with Gasteiger partial charge in [-0.1, -0.05) is 20.8 Å². The summed E-state index contributed by atoms with van der Waals surface area (Å²) in [4.78, 5) is 11.2. The second-order valence-corrected chi connectivity index (χ2v) is 3.84. The molecule has 1 unspecified atom stereocenters. The third-order valence-corrected chi connectivity index (χ3v) is 2.16. The molecule has 72 valence electrons. The van der Waals surface area contributed by atoms with Crippen LogP contribution in [0.15, 0.2) is 0 Å². The molecular weight excluding hydrogens is 174 g/mol. The molecular formula is C9H18ClNO. The molecule has 0 aromatic carbocycles. The third-order valence-electron chi connectivity index (χ3n) is 1.70. The van der Waals surface area contributed by atoms with Crippen molar-refractivity contribution in [2.24, 2.45) is 11.8 Å². The van der Waals surface area contributed by atoms with Gasteiger partial charge in [0.25, 0.3) is 0 Å². The van der Waals surface area contributed by atoms with Crippen LogP contribution in [0.2, 0.25) is 0 Å². The van der Waals surface area contributed by atoms with Gasteiger partial charge in [-0.15, -0.1) is 11.6 Å². The molecule has 0 aliphatic carbocycles. The fourth-order valence-electron chi connectivity index (χ4n) is 0.728. The molecule has 0 saturated heterocycles. The monoisotopic (exact) mass is 191 g/mol. The predicted molar refractivity (Wildman–Crippen MR) is 52.3 cm³/mol. The van der Waals surface area contributed by atoms with Crippen molar-refractivity contribution in [2.45, 2.75) is 27.2 Å². The smallest absolute Gasteiger partial charge is 0.224 e. The van der Waals surface area contributed by atoms with Gasteiger partial charge < -0.3 is 5.32 Å². The highest BCUT2D eigenvalue weighted by atomic mass is 35.5. The minimum Gasteiger partial charge on any atom is -0.356 e. The first kappa shape index (κ1) is 11.8. The third kappa shape index (κ3) is 5.42. The number of carbonyl (C=O) groups excluding carboxylic acids is 1. The molecule has 0 heterocycles. The van der Waals surface area contributed by atoms with E-state index in [1.165, 1.54) is 0 Å². The van der Waals surface area contributed by atoms with E-state index in [9.17, 15) is 4.79 Å². The summed E-state index contributed by atoms with van der Waals surface area (Å²) in [7, 11) is 0. The molecule has 0 aliphatic rings. The van der Waals surface area contributed by atoms with E-state index in [2.05, 4.69) is 19.2 Å².